The van der Waals surface area contributed by atoms with Crippen molar-refractivity contribution in [2.24, 2.45) is 0 Å². The van der Waals surface area contributed by atoms with Gasteiger partial charge in [-0.25, -0.2) is 0 Å². The maximum absolute atomic E-state index is 11.4. The van der Waals surface area contributed by atoms with E-state index in [9.17, 15) is 9.90 Å². The Morgan fingerprint density at radius 2 is 1.22 bits per heavy atom. The van der Waals surface area contributed by atoms with Crippen molar-refractivity contribution in [2.75, 3.05) is 76.3 Å². The molecule has 0 spiro atoms. The van der Waals surface area contributed by atoms with Gasteiger partial charge in [0.15, 0.2) is 5.75 Å². The van der Waals surface area contributed by atoms with Crippen molar-refractivity contribution in [3.63, 3.8) is 0 Å². The highest BCUT2D eigenvalue weighted by atomic mass is 16.3. The molecule has 2 heterocycles. The predicted molar refractivity (Wildman–Crippen MR) is 92.9 cm³/mol. The fraction of sp³-hybridized carbons (Fsp3) is 0.588. The van der Waals surface area contributed by atoms with Crippen LogP contribution in [0.25, 0.3) is 0 Å². The number of aromatic hydroxyl groups is 1. The fourth-order valence-electron chi connectivity index (χ4n) is 3.27. The first-order valence-corrected chi connectivity index (χ1v) is 8.27. The average molecular weight is 318 g/mol. The molecule has 0 aromatic heterocycles. The van der Waals surface area contributed by atoms with Gasteiger partial charge in [0, 0.05) is 57.9 Å². The SMILES string of the molecule is CN1CCN(c2cc(C=O)cc(N3CCN(C)CC3)c2O)CC1. The Kier molecular flexibility index (Phi) is 4.73. The Hall–Kier alpha value is -1.79. The molecule has 0 amide bonds. The standard InChI is InChI=1S/C17H26N4O2/c1-18-3-7-20(8-4-18)15-11-14(13-22)12-16(17(15)23)21-9-5-19(2)6-10-21/h11-13,23H,3-10H2,1-2H3. The molecule has 2 aliphatic rings. The van der Waals surface area contributed by atoms with E-state index in [0.717, 1.165) is 70.0 Å². The van der Waals surface area contributed by atoms with Gasteiger partial charge in [-0.05, 0) is 26.2 Å². The highest BCUT2D eigenvalue weighted by Gasteiger charge is 2.23. The third-order valence-corrected chi connectivity index (χ3v) is 4.92. The Morgan fingerprint density at radius 1 is 0.826 bits per heavy atom. The Bertz CT molecular complexity index is 519. The third-order valence-electron chi connectivity index (χ3n) is 4.92. The minimum atomic E-state index is 0.310. The van der Waals surface area contributed by atoms with Crippen LogP contribution >= 0.6 is 0 Å². The fourth-order valence-corrected chi connectivity index (χ4v) is 3.27. The van der Waals surface area contributed by atoms with Crippen molar-refractivity contribution in [2.45, 2.75) is 0 Å². The van der Waals surface area contributed by atoms with Gasteiger partial charge in [0.05, 0.1) is 11.4 Å². The quantitative estimate of drug-likeness (QED) is 0.829. The van der Waals surface area contributed by atoms with Gasteiger partial charge in [-0.15, -0.1) is 0 Å². The molecule has 2 saturated heterocycles. The first-order chi connectivity index (χ1) is 11.1. The minimum absolute atomic E-state index is 0.310. The lowest BCUT2D eigenvalue weighted by Gasteiger charge is -2.37. The van der Waals surface area contributed by atoms with Crippen molar-refractivity contribution < 1.29 is 9.90 Å². The first kappa shape index (κ1) is 16.1. The van der Waals surface area contributed by atoms with Crippen LogP contribution in [-0.4, -0.2) is 87.6 Å². The van der Waals surface area contributed by atoms with Crippen LogP contribution in [0.1, 0.15) is 10.4 Å². The Labute approximate surface area is 137 Å². The van der Waals surface area contributed by atoms with Gasteiger partial charge in [0.2, 0.25) is 0 Å². The summed E-state index contributed by atoms with van der Waals surface area (Å²) in [5, 5.41) is 10.8. The van der Waals surface area contributed by atoms with E-state index in [2.05, 4.69) is 33.7 Å². The number of likely N-dealkylation sites (N-methyl/N-ethyl adjacent to an activating group) is 2. The Morgan fingerprint density at radius 3 is 1.57 bits per heavy atom. The van der Waals surface area contributed by atoms with Crippen molar-refractivity contribution in [1.82, 2.24) is 9.80 Å². The maximum atomic E-state index is 11.4. The second-order valence-corrected chi connectivity index (χ2v) is 6.61. The lowest BCUT2D eigenvalue weighted by Crippen LogP contribution is -2.45. The van der Waals surface area contributed by atoms with Crippen molar-refractivity contribution in [3.05, 3.63) is 17.7 Å². The van der Waals surface area contributed by atoms with E-state index < -0.39 is 0 Å². The van der Waals surface area contributed by atoms with Crippen LogP contribution in [0, 0.1) is 0 Å². The summed E-state index contributed by atoms with van der Waals surface area (Å²) in [7, 11) is 4.21. The van der Waals surface area contributed by atoms with Gasteiger partial charge in [-0.2, -0.15) is 0 Å². The predicted octanol–water partition coefficient (Wildman–Crippen LogP) is 0.708. The van der Waals surface area contributed by atoms with E-state index in [4.69, 9.17) is 0 Å². The molecular formula is C17H26N4O2. The average Bonchev–Trinajstić information content (AvgIpc) is 2.57. The molecule has 1 N–H and O–H groups in total. The van der Waals surface area contributed by atoms with Crippen LogP contribution in [0.4, 0.5) is 11.4 Å². The lowest BCUT2D eigenvalue weighted by atomic mass is 10.1. The zero-order chi connectivity index (χ0) is 16.4. The molecule has 0 unspecified atom stereocenters. The number of hydrogen-bond donors (Lipinski definition) is 1. The summed E-state index contributed by atoms with van der Waals surface area (Å²) in [6.07, 6.45) is 0.874. The summed E-state index contributed by atoms with van der Waals surface area (Å²) in [5.74, 6) is 0.310. The number of piperazine rings is 2. The molecular weight excluding hydrogens is 292 g/mol. The van der Waals surface area contributed by atoms with Crippen molar-refractivity contribution in [3.8, 4) is 5.75 Å². The number of phenols is 1. The van der Waals surface area contributed by atoms with Gasteiger partial charge in [-0.1, -0.05) is 0 Å². The lowest BCUT2D eigenvalue weighted by molar-refractivity contribution is 0.112. The van der Waals surface area contributed by atoms with Gasteiger partial charge in [-0.3, -0.25) is 4.79 Å². The number of carbonyl (C=O) groups is 1. The van der Waals surface area contributed by atoms with Crippen molar-refractivity contribution >= 4 is 17.7 Å². The van der Waals surface area contributed by atoms with Crippen LogP contribution in [0.2, 0.25) is 0 Å². The van der Waals surface area contributed by atoms with Crippen molar-refractivity contribution in [1.29, 1.82) is 0 Å². The summed E-state index contributed by atoms with van der Waals surface area (Å²) >= 11 is 0. The maximum Gasteiger partial charge on any atom is 0.162 e. The monoisotopic (exact) mass is 318 g/mol. The highest BCUT2D eigenvalue weighted by Crippen LogP contribution is 2.39. The number of anilines is 2. The molecule has 0 aliphatic carbocycles. The summed E-state index contributed by atoms with van der Waals surface area (Å²) in [5.41, 5.74) is 2.21. The molecule has 126 valence electrons. The molecule has 0 bridgehead atoms. The molecule has 3 rings (SSSR count). The third kappa shape index (κ3) is 3.43. The number of phenolic OH excluding ortho intramolecular Hbond substituents is 1. The summed E-state index contributed by atoms with van der Waals surface area (Å²) in [6.45, 7) is 7.35. The minimum Gasteiger partial charge on any atom is -0.504 e. The van der Waals surface area contributed by atoms with Gasteiger partial charge >= 0.3 is 0 Å². The molecule has 1 aromatic carbocycles. The smallest absolute Gasteiger partial charge is 0.162 e. The number of nitrogens with zero attached hydrogens (tertiary/aromatic N) is 4. The second-order valence-electron chi connectivity index (χ2n) is 6.61. The number of rotatable bonds is 3. The molecule has 6 heteroatoms. The topological polar surface area (TPSA) is 50.3 Å². The number of carbonyl (C=O) groups excluding carboxylic acids is 1. The molecule has 23 heavy (non-hydrogen) atoms. The summed E-state index contributed by atoms with van der Waals surface area (Å²) in [4.78, 5) is 20.3. The molecule has 6 nitrogen and oxygen atoms in total. The number of benzene rings is 1. The van der Waals surface area contributed by atoms with E-state index >= 15 is 0 Å². The van der Waals surface area contributed by atoms with Gasteiger partial charge < -0.3 is 24.7 Å². The molecule has 0 atom stereocenters. The van der Waals surface area contributed by atoms with Gasteiger partial charge in [0.1, 0.15) is 6.29 Å². The van der Waals surface area contributed by atoms with E-state index in [-0.39, 0.29) is 0 Å². The number of aldehydes is 1. The largest absolute Gasteiger partial charge is 0.504 e. The summed E-state index contributed by atoms with van der Waals surface area (Å²) in [6, 6.07) is 3.63. The number of hydrogen-bond acceptors (Lipinski definition) is 6. The molecule has 0 saturated carbocycles. The van der Waals surface area contributed by atoms with Crippen LogP contribution in [0.5, 0.6) is 5.75 Å². The van der Waals surface area contributed by atoms with E-state index in [1.165, 1.54) is 0 Å². The van der Waals surface area contributed by atoms with Crippen LogP contribution < -0.4 is 9.80 Å². The zero-order valence-corrected chi connectivity index (χ0v) is 14.0. The van der Waals surface area contributed by atoms with E-state index in [1.807, 2.05) is 12.1 Å². The first-order valence-electron chi connectivity index (χ1n) is 8.27. The van der Waals surface area contributed by atoms with E-state index in [0.29, 0.717) is 11.3 Å². The Balaban J connectivity index is 1.90. The highest BCUT2D eigenvalue weighted by molar-refractivity contribution is 5.85. The van der Waals surface area contributed by atoms with Crippen LogP contribution in [-0.2, 0) is 0 Å². The molecule has 2 fully saturated rings. The van der Waals surface area contributed by atoms with Crippen LogP contribution in [0.15, 0.2) is 12.1 Å². The molecule has 1 aromatic rings. The summed E-state index contributed by atoms with van der Waals surface area (Å²) < 4.78 is 0. The molecule has 2 aliphatic heterocycles. The van der Waals surface area contributed by atoms with E-state index in [1.54, 1.807) is 0 Å². The van der Waals surface area contributed by atoms with Gasteiger partial charge in [0.25, 0.3) is 0 Å². The molecule has 0 radical (unpaired) electrons. The normalized spacial score (nSPS) is 20.8. The zero-order valence-electron chi connectivity index (χ0n) is 14.0. The van der Waals surface area contributed by atoms with Crippen LogP contribution in [0.3, 0.4) is 0 Å². The second kappa shape index (κ2) is 6.76.